The molecule has 0 atom stereocenters. The lowest BCUT2D eigenvalue weighted by Gasteiger charge is -2.27. The van der Waals surface area contributed by atoms with E-state index in [1.165, 1.54) is 30.3 Å². The third kappa shape index (κ3) is 5.39. The highest BCUT2D eigenvalue weighted by Crippen LogP contribution is 2.44. The summed E-state index contributed by atoms with van der Waals surface area (Å²) in [6, 6.07) is 16.3. The number of hydrogen-bond donors (Lipinski definition) is 0. The maximum Gasteiger partial charge on any atom is 0.352 e. The van der Waals surface area contributed by atoms with Crippen molar-refractivity contribution >= 4 is 27.3 Å². The van der Waals surface area contributed by atoms with E-state index in [9.17, 15) is 18.5 Å². The van der Waals surface area contributed by atoms with E-state index in [0.29, 0.717) is 10.9 Å². The number of ether oxygens (including phenoxy) is 1. The Morgan fingerprint density at radius 2 is 1.71 bits per heavy atom. The topological polar surface area (TPSA) is 112 Å². The summed E-state index contributed by atoms with van der Waals surface area (Å²) in [6.07, 6.45) is 4.61. The van der Waals surface area contributed by atoms with Crippen LogP contribution in [0.4, 0.5) is 5.69 Å². The molecule has 0 amide bonds. The van der Waals surface area contributed by atoms with Crippen molar-refractivity contribution in [1.82, 2.24) is 9.97 Å². The van der Waals surface area contributed by atoms with Crippen molar-refractivity contribution < 1.29 is 18.1 Å². The van der Waals surface area contributed by atoms with Gasteiger partial charge in [0.25, 0.3) is 0 Å². The minimum atomic E-state index is -3.59. The van der Waals surface area contributed by atoms with Crippen molar-refractivity contribution in [2.24, 2.45) is 0 Å². The highest BCUT2D eigenvalue weighted by molar-refractivity contribution is 8.00. The molecule has 10 heteroatoms. The molecule has 2 aromatic carbocycles. The molecule has 4 rings (SSSR count). The minimum Gasteiger partial charge on any atom is -0.432 e. The zero-order valence-corrected chi connectivity index (χ0v) is 20.3. The Hall–Kier alpha value is -2.98. The predicted molar refractivity (Wildman–Crippen MR) is 130 cm³/mol. The third-order valence-corrected chi connectivity index (χ3v) is 8.99. The van der Waals surface area contributed by atoms with Gasteiger partial charge in [-0.25, -0.2) is 13.4 Å². The first kappa shape index (κ1) is 24.2. The zero-order valence-electron chi connectivity index (χ0n) is 18.7. The first-order valence-corrected chi connectivity index (χ1v) is 13.6. The van der Waals surface area contributed by atoms with Crippen LogP contribution in [0, 0.1) is 10.1 Å². The normalized spacial score (nSPS) is 18.4. The van der Waals surface area contributed by atoms with Gasteiger partial charge in [0.1, 0.15) is 22.7 Å². The molecule has 178 valence electrons. The van der Waals surface area contributed by atoms with Crippen LogP contribution in [0.15, 0.2) is 70.7 Å². The maximum absolute atomic E-state index is 12.5. The fourth-order valence-corrected chi connectivity index (χ4v) is 6.34. The lowest BCUT2D eigenvalue weighted by molar-refractivity contribution is -0.387. The van der Waals surface area contributed by atoms with Gasteiger partial charge in [-0.1, -0.05) is 37.3 Å². The molecular formula is C24H25N3O5S2. The van der Waals surface area contributed by atoms with Crippen molar-refractivity contribution in [2.45, 2.75) is 53.6 Å². The average molecular weight is 500 g/mol. The number of nitro groups is 1. The Morgan fingerprint density at radius 3 is 2.38 bits per heavy atom. The lowest BCUT2D eigenvalue weighted by atomic mass is 9.86. The van der Waals surface area contributed by atoms with E-state index in [2.05, 4.69) is 22.1 Å². The molecule has 0 N–H and O–H groups in total. The summed E-state index contributed by atoms with van der Waals surface area (Å²) in [5, 5.41) is 12.5. The molecule has 0 aliphatic heterocycles. The number of aromatic nitrogens is 2. The molecule has 8 nitrogen and oxygen atoms in total. The van der Waals surface area contributed by atoms with Crippen LogP contribution in [-0.4, -0.2) is 34.3 Å². The van der Waals surface area contributed by atoms with E-state index in [1.807, 2.05) is 30.0 Å². The number of hydrogen-bond acceptors (Lipinski definition) is 8. The molecule has 0 bridgehead atoms. The highest BCUT2D eigenvalue weighted by Gasteiger charge is 2.33. The molecule has 1 heterocycles. The van der Waals surface area contributed by atoms with Crippen molar-refractivity contribution in [3.05, 3.63) is 76.7 Å². The first-order chi connectivity index (χ1) is 16.4. The number of benzene rings is 2. The second-order valence-electron chi connectivity index (χ2n) is 8.03. The standard InChI is InChI=1S/C24H25N3O5S2/c1-2-34(30,31)21-11-7-6-10-20(21)32-24-23(27(28)29)22(25-16-26-24)17-12-14-19(15-13-17)33-18-8-4-3-5-9-18/h3-11,16-17,19H,2,12-15H2,1H3. The van der Waals surface area contributed by atoms with Gasteiger partial charge in [0.15, 0.2) is 9.84 Å². The van der Waals surface area contributed by atoms with Gasteiger partial charge in [-0.05, 0) is 49.9 Å². The van der Waals surface area contributed by atoms with E-state index in [1.54, 1.807) is 12.1 Å². The smallest absolute Gasteiger partial charge is 0.352 e. The van der Waals surface area contributed by atoms with E-state index in [0.717, 1.165) is 25.7 Å². The SMILES string of the molecule is CCS(=O)(=O)c1ccccc1Oc1ncnc(C2CCC(Sc3ccccc3)CC2)c1[N+](=O)[O-]. The first-order valence-electron chi connectivity index (χ1n) is 11.1. The Bertz CT molecular complexity index is 1260. The van der Waals surface area contributed by atoms with Gasteiger partial charge in [-0.2, -0.15) is 4.98 Å². The van der Waals surface area contributed by atoms with Crippen LogP contribution >= 0.6 is 11.8 Å². The van der Waals surface area contributed by atoms with Crippen molar-refractivity contribution in [2.75, 3.05) is 5.75 Å². The van der Waals surface area contributed by atoms with Crippen LogP contribution in [0.5, 0.6) is 11.6 Å². The van der Waals surface area contributed by atoms with Gasteiger partial charge < -0.3 is 4.74 Å². The zero-order chi connectivity index (χ0) is 24.1. The van der Waals surface area contributed by atoms with Crippen LogP contribution in [0.3, 0.4) is 0 Å². The van der Waals surface area contributed by atoms with Gasteiger partial charge in [-0.15, -0.1) is 11.8 Å². The molecule has 0 radical (unpaired) electrons. The summed E-state index contributed by atoms with van der Waals surface area (Å²) >= 11 is 1.83. The van der Waals surface area contributed by atoms with Gasteiger partial charge >= 0.3 is 11.6 Å². The quantitative estimate of drug-likeness (QED) is 0.283. The summed E-state index contributed by atoms with van der Waals surface area (Å²) in [7, 11) is -3.59. The fourth-order valence-electron chi connectivity index (χ4n) is 4.12. The van der Waals surface area contributed by atoms with Gasteiger partial charge in [0.05, 0.1) is 10.7 Å². The molecule has 3 aromatic rings. The average Bonchev–Trinajstić information content (AvgIpc) is 2.85. The molecule has 34 heavy (non-hydrogen) atoms. The molecule has 1 aromatic heterocycles. The molecular weight excluding hydrogens is 474 g/mol. The Morgan fingerprint density at radius 1 is 1.03 bits per heavy atom. The Labute approximate surface area is 202 Å². The number of nitrogens with zero attached hydrogens (tertiary/aromatic N) is 3. The summed E-state index contributed by atoms with van der Waals surface area (Å²) < 4.78 is 30.7. The molecule has 0 unspecified atom stereocenters. The lowest BCUT2D eigenvalue weighted by Crippen LogP contribution is -2.17. The summed E-state index contributed by atoms with van der Waals surface area (Å²) in [5.41, 5.74) is 0.0411. The minimum absolute atomic E-state index is 0.0140. The maximum atomic E-state index is 12.5. The van der Waals surface area contributed by atoms with Gasteiger partial charge in [0, 0.05) is 16.1 Å². The van der Waals surface area contributed by atoms with Gasteiger partial charge in [0.2, 0.25) is 0 Å². The predicted octanol–water partition coefficient (Wildman–Crippen LogP) is 5.79. The van der Waals surface area contributed by atoms with Gasteiger partial charge in [-0.3, -0.25) is 10.1 Å². The Kier molecular flexibility index (Phi) is 7.47. The number of para-hydroxylation sites is 1. The highest BCUT2D eigenvalue weighted by atomic mass is 32.2. The van der Waals surface area contributed by atoms with Crippen molar-refractivity contribution in [3.63, 3.8) is 0 Å². The fraction of sp³-hybridized carbons (Fsp3) is 0.333. The van der Waals surface area contributed by atoms with Crippen LogP contribution in [0.2, 0.25) is 0 Å². The third-order valence-electron chi connectivity index (χ3n) is 5.88. The Balaban J connectivity index is 1.57. The molecule has 1 saturated carbocycles. The molecule has 1 fully saturated rings. The second kappa shape index (κ2) is 10.5. The number of sulfone groups is 1. The van der Waals surface area contributed by atoms with Crippen LogP contribution in [-0.2, 0) is 9.84 Å². The number of thioether (sulfide) groups is 1. The largest absolute Gasteiger partial charge is 0.432 e. The number of rotatable bonds is 8. The molecule has 0 spiro atoms. The van der Waals surface area contributed by atoms with Crippen LogP contribution in [0.1, 0.15) is 44.2 Å². The van der Waals surface area contributed by atoms with Crippen LogP contribution < -0.4 is 4.74 Å². The summed E-state index contributed by atoms with van der Waals surface area (Å²) in [5.74, 6) is -0.433. The monoisotopic (exact) mass is 499 g/mol. The second-order valence-corrected chi connectivity index (χ2v) is 11.6. The molecule has 1 aliphatic carbocycles. The molecule has 1 aliphatic rings. The van der Waals surface area contributed by atoms with Crippen molar-refractivity contribution in [3.8, 4) is 11.6 Å². The summed E-state index contributed by atoms with van der Waals surface area (Å²) in [6.45, 7) is 1.53. The summed E-state index contributed by atoms with van der Waals surface area (Å²) in [4.78, 5) is 21.0. The molecule has 0 saturated heterocycles. The van der Waals surface area contributed by atoms with E-state index in [4.69, 9.17) is 4.74 Å². The van der Waals surface area contributed by atoms with Crippen molar-refractivity contribution in [1.29, 1.82) is 0 Å². The van der Waals surface area contributed by atoms with Crippen LogP contribution in [0.25, 0.3) is 0 Å². The van der Waals surface area contributed by atoms with E-state index >= 15 is 0 Å². The van der Waals surface area contributed by atoms with E-state index in [-0.39, 0.29) is 33.9 Å². The van der Waals surface area contributed by atoms with E-state index < -0.39 is 14.8 Å².